The molecule has 0 saturated carbocycles. The monoisotopic (exact) mass is 445 g/mol. The Kier molecular flexibility index (Phi) is 6.32. The minimum absolute atomic E-state index is 0.0507. The number of carbonyl (C=O) groups excluding carboxylic acids is 2. The molecule has 0 fully saturated rings. The number of halogens is 5. The third kappa shape index (κ3) is 5.22. The van der Waals surface area contributed by atoms with Gasteiger partial charge in [-0.3, -0.25) is 9.59 Å². The van der Waals surface area contributed by atoms with Crippen LogP contribution in [0.3, 0.4) is 0 Å². The van der Waals surface area contributed by atoms with E-state index in [1.165, 1.54) is 18.2 Å². The van der Waals surface area contributed by atoms with E-state index in [9.17, 15) is 31.5 Å². The molecule has 0 saturated heterocycles. The number of ether oxygens (including phenoxy) is 3. The third-order valence-corrected chi connectivity index (χ3v) is 4.37. The Morgan fingerprint density at radius 2 is 1.87 bits per heavy atom. The molecule has 0 aliphatic carbocycles. The highest BCUT2D eigenvalue weighted by Crippen LogP contribution is 2.41. The van der Waals surface area contributed by atoms with Gasteiger partial charge < -0.3 is 19.5 Å². The smallest absolute Gasteiger partial charge is 0.416 e. The standard InChI is InChI=1S/C20H16F5NO5/c1-2-29-17(27)9-13-12-5-4-11(8-14(12)26-18(13)28)30-15-6-3-10(20(23,24)25)7-16(15)31-19(21)22/h3-8,13,19H,2,9H2,1H3,(H,26,28). The Morgan fingerprint density at radius 1 is 1.13 bits per heavy atom. The fourth-order valence-corrected chi connectivity index (χ4v) is 3.05. The highest BCUT2D eigenvalue weighted by molar-refractivity contribution is 6.04. The predicted molar refractivity (Wildman–Crippen MR) is 97.2 cm³/mol. The quantitative estimate of drug-likeness (QED) is 0.475. The maximum absolute atomic E-state index is 12.9. The molecule has 1 amide bonds. The first-order chi connectivity index (χ1) is 14.6. The Balaban J connectivity index is 1.85. The molecule has 0 radical (unpaired) electrons. The van der Waals surface area contributed by atoms with Crippen LogP contribution in [0.25, 0.3) is 0 Å². The normalized spacial score (nSPS) is 15.5. The molecular weight excluding hydrogens is 429 g/mol. The first-order valence-electron chi connectivity index (χ1n) is 9.02. The maximum atomic E-state index is 12.9. The topological polar surface area (TPSA) is 73.9 Å². The van der Waals surface area contributed by atoms with E-state index in [1.54, 1.807) is 6.92 Å². The minimum atomic E-state index is -4.76. The second-order valence-corrected chi connectivity index (χ2v) is 6.44. The number of hydrogen-bond donors (Lipinski definition) is 1. The number of amides is 1. The summed E-state index contributed by atoms with van der Waals surface area (Å²) >= 11 is 0. The molecule has 2 aromatic rings. The molecule has 2 aromatic carbocycles. The molecule has 1 unspecified atom stereocenters. The van der Waals surface area contributed by atoms with E-state index in [4.69, 9.17) is 9.47 Å². The third-order valence-electron chi connectivity index (χ3n) is 4.37. The van der Waals surface area contributed by atoms with E-state index in [1.807, 2.05) is 0 Å². The lowest BCUT2D eigenvalue weighted by Crippen LogP contribution is -2.17. The summed E-state index contributed by atoms with van der Waals surface area (Å²) in [4.78, 5) is 23.9. The van der Waals surface area contributed by atoms with E-state index in [0.717, 1.165) is 6.07 Å². The molecule has 1 aliphatic rings. The van der Waals surface area contributed by atoms with Gasteiger partial charge in [0.15, 0.2) is 11.5 Å². The van der Waals surface area contributed by atoms with Crippen LogP contribution in [0.15, 0.2) is 36.4 Å². The zero-order valence-electron chi connectivity index (χ0n) is 16.0. The lowest BCUT2D eigenvalue weighted by atomic mass is 9.97. The Bertz CT molecular complexity index is 992. The van der Waals surface area contributed by atoms with E-state index in [0.29, 0.717) is 23.4 Å². The second kappa shape index (κ2) is 8.78. The van der Waals surface area contributed by atoms with Gasteiger partial charge in [-0.05, 0) is 36.8 Å². The van der Waals surface area contributed by atoms with Crippen LogP contribution in [-0.4, -0.2) is 25.1 Å². The Labute approximate surface area is 172 Å². The summed E-state index contributed by atoms with van der Waals surface area (Å²) in [6.07, 6.45) is -4.93. The molecule has 1 N–H and O–H groups in total. The van der Waals surface area contributed by atoms with E-state index < -0.39 is 41.9 Å². The molecule has 31 heavy (non-hydrogen) atoms. The highest BCUT2D eigenvalue weighted by Gasteiger charge is 2.34. The van der Waals surface area contributed by atoms with Gasteiger partial charge in [0.1, 0.15) is 5.75 Å². The van der Waals surface area contributed by atoms with Crippen LogP contribution >= 0.6 is 0 Å². The maximum Gasteiger partial charge on any atom is 0.416 e. The number of fused-ring (bicyclic) bond motifs is 1. The van der Waals surface area contributed by atoms with Gasteiger partial charge in [-0.2, -0.15) is 22.0 Å². The molecule has 1 atom stereocenters. The lowest BCUT2D eigenvalue weighted by molar-refractivity contribution is -0.144. The van der Waals surface area contributed by atoms with Crippen molar-refractivity contribution in [1.29, 1.82) is 0 Å². The average Bonchev–Trinajstić information content (AvgIpc) is 2.96. The number of rotatable bonds is 7. The van der Waals surface area contributed by atoms with Crippen LogP contribution in [0, 0.1) is 0 Å². The van der Waals surface area contributed by atoms with Gasteiger partial charge in [0.2, 0.25) is 5.91 Å². The van der Waals surface area contributed by atoms with Gasteiger partial charge in [-0.25, -0.2) is 0 Å². The van der Waals surface area contributed by atoms with E-state index >= 15 is 0 Å². The van der Waals surface area contributed by atoms with Crippen molar-refractivity contribution in [3.63, 3.8) is 0 Å². The largest absolute Gasteiger partial charge is 0.466 e. The van der Waals surface area contributed by atoms with Gasteiger partial charge in [0.05, 0.1) is 24.5 Å². The van der Waals surface area contributed by atoms with Crippen LogP contribution in [0.4, 0.5) is 27.6 Å². The zero-order valence-corrected chi connectivity index (χ0v) is 16.0. The van der Waals surface area contributed by atoms with Gasteiger partial charge >= 0.3 is 18.8 Å². The van der Waals surface area contributed by atoms with Crippen molar-refractivity contribution < 1.29 is 45.8 Å². The van der Waals surface area contributed by atoms with Crippen LogP contribution < -0.4 is 14.8 Å². The van der Waals surface area contributed by atoms with E-state index in [-0.39, 0.29) is 24.5 Å². The summed E-state index contributed by atoms with van der Waals surface area (Å²) in [7, 11) is 0. The van der Waals surface area contributed by atoms with Crippen molar-refractivity contribution in [2.24, 2.45) is 0 Å². The Morgan fingerprint density at radius 3 is 2.52 bits per heavy atom. The molecule has 0 aromatic heterocycles. The van der Waals surface area contributed by atoms with Gasteiger partial charge in [-0.15, -0.1) is 0 Å². The van der Waals surface area contributed by atoms with Crippen molar-refractivity contribution in [3.05, 3.63) is 47.5 Å². The predicted octanol–water partition coefficient (Wildman–Crippen LogP) is 5.09. The van der Waals surface area contributed by atoms with Gasteiger partial charge in [-0.1, -0.05) is 6.07 Å². The SMILES string of the molecule is CCOC(=O)CC1C(=O)Nc2cc(Oc3ccc(C(F)(F)F)cc3OC(F)F)ccc21. The number of nitrogens with one attached hydrogen (secondary N) is 1. The first kappa shape index (κ1) is 22.3. The van der Waals surface area contributed by atoms with Crippen LogP contribution in [0.2, 0.25) is 0 Å². The van der Waals surface area contributed by atoms with Crippen molar-refractivity contribution >= 4 is 17.6 Å². The van der Waals surface area contributed by atoms with Crippen molar-refractivity contribution in [2.75, 3.05) is 11.9 Å². The molecule has 11 heteroatoms. The fourth-order valence-electron chi connectivity index (χ4n) is 3.05. The number of carbonyl (C=O) groups is 2. The molecule has 0 spiro atoms. The molecule has 3 rings (SSSR count). The summed E-state index contributed by atoms with van der Waals surface area (Å²) in [6, 6.07) is 6.17. The van der Waals surface area contributed by atoms with Crippen molar-refractivity contribution in [1.82, 2.24) is 0 Å². The molecule has 1 aliphatic heterocycles. The lowest BCUT2D eigenvalue weighted by Gasteiger charge is -2.15. The Hall–Kier alpha value is -3.37. The second-order valence-electron chi connectivity index (χ2n) is 6.44. The average molecular weight is 445 g/mol. The van der Waals surface area contributed by atoms with Crippen molar-refractivity contribution in [2.45, 2.75) is 32.1 Å². The summed E-state index contributed by atoms with van der Waals surface area (Å²) < 4.78 is 78.3. The molecule has 0 bridgehead atoms. The van der Waals surface area contributed by atoms with E-state index in [2.05, 4.69) is 10.1 Å². The van der Waals surface area contributed by atoms with Crippen LogP contribution in [0.1, 0.15) is 30.4 Å². The first-order valence-corrected chi connectivity index (χ1v) is 9.02. The van der Waals surface area contributed by atoms with Gasteiger partial charge in [0, 0.05) is 11.8 Å². The number of esters is 1. The highest BCUT2D eigenvalue weighted by atomic mass is 19.4. The number of hydrogen-bond acceptors (Lipinski definition) is 5. The zero-order chi connectivity index (χ0) is 22.8. The molecule has 1 heterocycles. The van der Waals surface area contributed by atoms with Crippen LogP contribution in [0.5, 0.6) is 17.2 Å². The summed E-state index contributed by atoms with van der Waals surface area (Å²) in [6.45, 7) is -1.56. The summed E-state index contributed by atoms with van der Waals surface area (Å²) in [5, 5.41) is 2.57. The van der Waals surface area contributed by atoms with Crippen molar-refractivity contribution in [3.8, 4) is 17.2 Å². The number of alkyl halides is 5. The van der Waals surface area contributed by atoms with Gasteiger partial charge in [0.25, 0.3) is 0 Å². The minimum Gasteiger partial charge on any atom is -0.466 e. The molecule has 166 valence electrons. The fraction of sp³-hybridized carbons (Fsp3) is 0.300. The number of benzene rings is 2. The summed E-state index contributed by atoms with van der Waals surface area (Å²) in [5.41, 5.74) is -0.361. The summed E-state index contributed by atoms with van der Waals surface area (Å²) in [5.74, 6) is -2.87. The number of anilines is 1. The molecule has 6 nitrogen and oxygen atoms in total. The molecular formula is C20H16F5NO5. The van der Waals surface area contributed by atoms with Crippen LogP contribution in [-0.2, 0) is 20.5 Å².